The maximum Gasteiger partial charge on any atom is 0.303 e. The van der Waals surface area contributed by atoms with Crippen molar-refractivity contribution < 1.29 is 14.7 Å². The quantitative estimate of drug-likeness (QED) is 0.564. The molecule has 0 amide bonds. The van der Waals surface area contributed by atoms with Crippen molar-refractivity contribution in [2.45, 2.75) is 84.0 Å². The summed E-state index contributed by atoms with van der Waals surface area (Å²) in [4.78, 5) is 22.6. The second-order valence-electron chi connectivity index (χ2n) is 6.23. The predicted octanol–water partition coefficient (Wildman–Crippen LogP) is 4.59. The lowest BCUT2D eigenvalue weighted by molar-refractivity contribution is -0.138. The Hall–Kier alpha value is -0.860. The van der Waals surface area contributed by atoms with E-state index in [0.717, 1.165) is 19.3 Å². The van der Waals surface area contributed by atoms with Gasteiger partial charge in [0.25, 0.3) is 0 Å². The molecule has 0 aliphatic heterocycles. The minimum atomic E-state index is -0.759. The van der Waals surface area contributed by atoms with Crippen molar-refractivity contribution in [1.82, 2.24) is 0 Å². The molecule has 1 aliphatic rings. The monoisotopic (exact) mass is 282 g/mol. The number of carboxylic acids is 1. The summed E-state index contributed by atoms with van der Waals surface area (Å²) in [5.41, 5.74) is 0. The number of unbranched alkanes of at least 4 members (excludes halogenated alkanes) is 7. The van der Waals surface area contributed by atoms with Crippen LogP contribution in [0.3, 0.4) is 0 Å². The Morgan fingerprint density at radius 2 is 1.70 bits per heavy atom. The van der Waals surface area contributed by atoms with Crippen LogP contribution >= 0.6 is 0 Å². The van der Waals surface area contributed by atoms with Gasteiger partial charge in [-0.15, -0.1) is 0 Å². The molecule has 0 aromatic carbocycles. The van der Waals surface area contributed by atoms with E-state index in [1.807, 2.05) is 0 Å². The van der Waals surface area contributed by atoms with Gasteiger partial charge in [0.2, 0.25) is 0 Å². The Balaban J connectivity index is 2.10. The Labute approximate surface area is 123 Å². The number of rotatable bonds is 11. The summed E-state index contributed by atoms with van der Waals surface area (Å²) in [7, 11) is 0. The highest BCUT2D eigenvalue weighted by Crippen LogP contribution is 2.35. The maximum absolute atomic E-state index is 11.8. The van der Waals surface area contributed by atoms with Crippen LogP contribution in [0.1, 0.15) is 84.0 Å². The molecular formula is C17H30O3. The van der Waals surface area contributed by atoms with Crippen molar-refractivity contribution in [3.63, 3.8) is 0 Å². The summed E-state index contributed by atoms with van der Waals surface area (Å²) in [5.74, 6) is -0.319. The highest BCUT2D eigenvalue weighted by Gasteiger charge is 2.34. The molecule has 0 heterocycles. The lowest BCUT2D eigenvalue weighted by Crippen LogP contribution is -2.17. The molecule has 0 saturated heterocycles. The first-order valence-electron chi connectivity index (χ1n) is 8.39. The molecule has 0 radical (unpaired) electrons. The summed E-state index contributed by atoms with van der Waals surface area (Å²) in [5, 5.41) is 8.88. The fourth-order valence-electron chi connectivity index (χ4n) is 3.34. The van der Waals surface area contributed by atoms with Crippen LogP contribution in [0.25, 0.3) is 0 Å². The standard InChI is InChI=1S/C17H30O3/c1-2-3-4-5-6-7-8-9-10-15-14(13-17(19)20)11-12-16(15)18/h14-15H,2-13H2,1H3,(H,19,20). The normalized spacial score (nSPS) is 22.4. The molecule has 0 aromatic rings. The van der Waals surface area contributed by atoms with Crippen molar-refractivity contribution in [1.29, 1.82) is 0 Å². The second-order valence-corrected chi connectivity index (χ2v) is 6.23. The first-order chi connectivity index (χ1) is 9.65. The first kappa shape index (κ1) is 17.2. The third kappa shape index (κ3) is 6.53. The van der Waals surface area contributed by atoms with Gasteiger partial charge in [-0.05, 0) is 18.8 Å². The summed E-state index contributed by atoms with van der Waals surface area (Å²) < 4.78 is 0. The van der Waals surface area contributed by atoms with Crippen LogP contribution in [-0.2, 0) is 9.59 Å². The minimum absolute atomic E-state index is 0.0335. The smallest absolute Gasteiger partial charge is 0.303 e. The second kappa shape index (κ2) is 9.95. The zero-order valence-corrected chi connectivity index (χ0v) is 12.9. The van der Waals surface area contributed by atoms with Crippen LogP contribution in [0.4, 0.5) is 0 Å². The number of hydrogen-bond donors (Lipinski definition) is 1. The van der Waals surface area contributed by atoms with Gasteiger partial charge >= 0.3 is 5.97 Å². The largest absolute Gasteiger partial charge is 0.481 e. The third-order valence-electron chi connectivity index (χ3n) is 4.55. The fourth-order valence-corrected chi connectivity index (χ4v) is 3.34. The summed E-state index contributed by atoms with van der Waals surface area (Å²) in [6.45, 7) is 2.23. The number of carboxylic acid groups (broad SMARTS) is 1. The molecule has 20 heavy (non-hydrogen) atoms. The van der Waals surface area contributed by atoms with Crippen LogP contribution in [0.2, 0.25) is 0 Å². The molecule has 1 N–H and O–H groups in total. The molecule has 3 nitrogen and oxygen atoms in total. The zero-order chi connectivity index (χ0) is 14.8. The average molecular weight is 282 g/mol. The van der Waals surface area contributed by atoms with Crippen LogP contribution in [0.5, 0.6) is 0 Å². The highest BCUT2D eigenvalue weighted by atomic mass is 16.4. The topological polar surface area (TPSA) is 54.4 Å². The molecule has 1 aliphatic carbocycles. The van der Waals surface area contributed by atoms with Gasteiger partial charge in [-0.2, -0.15) is 0 Å². The van der Waals surface area contributed by atoms with E-state index in [9.17, 15) is 9.59 Å². The minimum Gasteiger partial charge on any atom is -0.481 e. The van der Waals surface area contributed by atoms with Crippen molar-refractivity contribution in [2.24, 2.45) is 11.8 Å². The van der Waals surface area contributed by atoms with Gasteiger partial charge < -0.3 is 5.11 Å². The van der Waals surface area contributed by atoms with Gasteiger partial charge in [0.15, 0.2) is 0 Å². The lowest BCUT2D eigenvalue weighted by Gasteiger charge is -2.16. The van der Waals surface area contributed by atoms with Crippen LogP contribution < -0.4 is 0 Å². The summed E-state index contributed by atoms with van der Waals surface area (Å²) >= 11 is 0. The van der Waals surface area contributed by atoms with Gasteiger partial charge in [-0.25, -0.2) is 0 Å². The zero-order valence-electron chi connectivity index (χ0n) is 12.9. The van der Waals surface area contributed by atoms with E-state index in [-0.39, 0.29) is 18.3 Å². The SMILES string of the molecule is CCCCCCCCCCC1C(=O)CCC1CC(=O)O. The van der Waals surface area contributed by atoms with Crippen molar-refractivity contribution in [3.05, 3.63) is 0 Å². The number of Topliss-reactive ketones (excluding diaryl/α,β-unsaturated/α-hetero) is 1. The van der Waals surface area contributed by atoms with Gasteiger partial charge in [-0.3, -0.25) is 9.59 Å². The summed E-state index contributed by atoms with van der Waals surface area (Å²) in [6, 6.07) is 0. The highest BCUT2D eigenvalue weighted by molar-refractivity contribution is 5.84. The fraction of sp³-hybridized carbons (Fsp3) is 0.882. The molecule has 3 heteroatoms. The van der Waals surface area contributed by atoms with E-state index in [2.05, 4.69) is 6.92 Å². The van der Waals surface area contributed by atoms with E-state index < -0.39 is 5.97 Å². The summed E-state index contributed by atoms with van der Waals surface area (Å²) in [6.07, 6.45) is 12.6. The first-order valence-corrected chi connectivity index (χ1v) is 8.39. The van der Waals surface area contributed by atoms with Gasteiger partial charge in [0, 0.05) is 18.8 Å². The Morgan fingerprint density at radius 1 is 1.10 bits per heavy atom. The van der Waals surface area contributed by atoms with Gasteiger partial charge in [-0.1, -0.05) is 58.3 Å². The van der Waals surface area contributed by atoms with Gasteiger partial charge in [0.1, 0.15) is 5.78 Å². The van der Waals surface area contributed by atoms with Gasteiger partial charge in [0.05, 0.1) is 0 Å². The molecule has 0 spiro atoms. The lowest BCUT2D eigenvalue weighted by atomic mass is 9.88. The molecular weight excluding hydrogens is 252 g/mol. The number of aliphatic carboxylic acids is 1. The average Bonchev–Trinajstić information content (AvgIpc) is 2.73. The Bertz CT molecular complexity index is 299. The number of carbonyl (C=O) groups is 2. The predicted molar refractivity (Wildman–Crippen MR) is 80.7 cm³/mol. The van der Waals surface area contributed by atoms with Crippen molar-refractivity contribution in [3.8, 4) is 0 Å². The number of carbonyl (C=O) groups excluding carboxylic acids is 1. The van der Waals surface area contributed by atoms with Crippen molar-refractivity contribution in [2.75, 3.05) is 0 Å². The molecule has 2 unspecified atom stereocenters. The Kier molecular flexibility index (Phi) is 8.56. The molecule has 1 saturated carbocycles. The number of ketones is 1. The Morgan fingerprint density at radius 3 is 2.30 bits per heavy atom. The van der Waals surface area contributed by atoms with Crippen LogP contribution in [-0.4, -0.2) is 16.9 Å². The molecule has 1 fully saturated rings. The van der Waals surface area contributed by atoms with Crippen LogP contribution in [0.15, 0.2) is 0 Å². The van der Waals surface area contributed by atoms with E-state index in [0.29, 0.717) is 12.2 Å². The third-order valence-corrected chi connectivity index (χ3v) is 4.55. The van der Waals surface area contributed by atoms with E-state index >= 15 is 0 Å². The molecule has 1 rings (SSSR count). The molecule has 2 atom stereocenters. The molecule has 116 valence electrons. The van der Waals surface area contributed by atoms with E-state index in [1.165, 1.54) is 44.9 Å². The van der Waals surface area contributed by atoms with Crippen molar-refractivity contribution >= 4 is 11.8 Å². The molecule has 0 aromatic heterocycles. The van der Waals surface area contributed by atoms with Crippen LogP contribution in [0, 0.1) is 11.8 Å². The maximum atomic E-state index is 11.8. The molecule has 0 bridgehead atoms. The van der Waals surface area contributed by atoms with E-state index in [1.54, 1.807) is 0 Å². The number of hydrogen-bond acceptors (Lipinski definition) is 2. The van der Waals surface area contributed by atoms with E-state index in [4.69, 9.17) is 5.11 Å².